The van der Waals surface area contributed by atoms with E-state index in [0.29, 0.717) is 72.6 Å². The van der Waals surface area contributed by atoms with E-state index in [1.807, 2.05) is 27.7 Å². The summed E-state index contributed by atoms with van der Waals surface area (Å²) in [5.74, 6) is 6.33. The Kier molecular flexibility index (Phi) is 32.5. The number of nitrogens with one attached hydrogen (secondary N) is 2. The van der Waals surface area contributed by atoms with E-state index in [9.17, 15) is 19.2 Å². The largest absolute Gasteiger partial charge is 0.468 e. The van der Waals surface area contributed by atoms with Crippen molar-refractivity contribution in [2.45, 2.75) is 187 Å². The molecule has 6 aliphatic carbocycles. The van der Waals surface area contributed by atoms with Gasteiger partial charge in [-0.05, 0) is 173 Å². The number of benzene rings is 4. The third-order valence-electron chi connectivity index (χ3n) is 20.9. The smallest absolute Gasteiger partial charge is 0.322 e. The number of nitrogens with zero attached hydrogens (tertiary/aromatic N) is 2. The van der Waals surface area contributed by atoms with E-state index in [0.717, 1.165) is 56.5 Å². The zero-order valence-electron chi connectivity index (χ0n) is 53.2. The Morgan fingerprint density at radius 1 is 0.458 bits per heavy atom. The second kappa shape index (κ2) is 36.2. The van der Waals surface area contributed by atoms with E-state index in [2.05, 4.69) is 210 Å². The fourth-order valence-electron chi connectivity index (χ4n) is 16.4. The number of hydrogen-bond donors (Lipinski definition) is 2. The Balaban J connectivity index is 0.000000519. The van der Waals surface area contributed by atoms with Crippen molar-refractivity contribution in [2.75, 3.05) is 27.3 Å². The average molecular weight is 1450 g/mol. The quantitative estimate of drug-likeness (QED) is 0.0446. The maximum atomic E-state index is 13.3. The monoisotopic (exact) mass is 1440 g/mol. The van der Waals surface area contributed by atoms with Crippen LogP contribution in [0.15, 0.2) is 159 Å². The molecule has 6 aliphatic rings. The molecule has 96 heavy (non-hydrogen) atoms. The lowest BCUT2D eigenvalue weighted by Gasteiger charge is -2.31. The first-order valence-electron chi connectivity index (χ1n) is 32.4. The first-order valence-corrected chi connectivity index (χ1v) is 33.9. The van der Waals surface area contributed by atoms with Crippen molar-refractivity contribution < 1.29 is 28.7 Å². The molecular weight excluding hydrogens is 1320 g/mol. The van der Waals surface area contributed by atoms with E-state index in [-0.39, 0.29) is 83.2 Å². The van der Waals surface area contributed by atoms with Crippen molar-refractivity contribution in [3.05, 3.63) is 159 Å². The summed E-state index contributed by atoms with van der Waals surface area (Å²) in [6.07, 6.45) is 28.9. The molecule has 4 aromatic carbocycles. The minimum absolute atomic E-state index is 0. The summed E-state index contributed by atoms with van der Waals surface area (Å²) in [6.45, 7) is 22.8. The Labute approximate surface area is 598 Å². The molecule has 0 aliphatic heterocycles. The molecule has 2 N–H and O–H groups in total. The Hall–Kier alpha value is -5.98. The van der Waals surface area contributed by atoms with Gasteiger partial charge in [0.15, 0.2) is 0 Å². The minimum Gasteiger partial charge on any atom is -0.468 e. The molecule has 2 heterocycles. The number of alkyl halides is 2. The van der Waals surface area contributed by atoms with Crippen LogP contribution < -0.4 is 10.6 Å². The molecule has 4 fully saturated rings. The number of ether oxygens (including phenoxy) is 2. The number of amides is 2. The van der Waals surface area contributed by atoms with Gasteiger partial charge in [0.2, 0.25) is 11.8 Å². The van der Waals surface area contributed by atoms with Crippen LogP contribution in [0.2, 0.25) is 0 Å². The molecule has 12 rings (SSSR count). The van der Waals surface area contributed by atoms with E-state index in [1.54, 1.807) is 13.8 Å². The molecule has 0 radical (unpaired) electrons. The van der Waals surface area contributed by atoms with Crippen LogP contribution in [0, 0.1) is 81.8 Å². The zero-order chi connectivity index (χ0) is 62.7. The molecular formula is C84H126Br2N4O6. The van der Waals surface area contributed by atoms with Crippen molar-refractivity contribution in [3.63, 3.8) is 0 Å². The van der Waals surface area contributed by atoms with Gasteiger partial charge in [-0.2, -0.15) is 0 Å². The number of carbonyl (C=O) groups excluding carboxylic acids is 4. The van der Waals surface area contributed by atoms with Crippen molar-refractivity contribution in [1.29, 1.82) is 0 Å². The van der Waals surface area contributed by atoms with Crippen LogP contribution >= 0.6 is 31.9 Å². The van der Waals surface area contributed by atoms with Crippen LogP contribution in [0.4, 0.5) is 0 Å². The van der Waals surface area contributed by atoms with Crippen LogP contribution in [0.3, 0.4) is 0 Å². The lowest BCUT2D eigenvalue weighted by Crippen LogP contribution is -2.45. The van der Waals surface area contributed by atoms with Crippen LogP contribution in [-0.4, -0.2) is 68.8 Å². The van der Waals surface area contributed by atoms with Crippen molar-refractivity contribution in [1.82, 2.24) is 19.8 Å². The third kappa shape index (κ3) is 19.1. The predicted octanol–water partition coefficient (Wildman–Crippen LogP) is 22.0. The zero-order valence-corrected chi connectivity index (χ0v) is 56.4. The number of allylic oxidation sites excluding steroid dienone is 8. The summed E-state index contributed by atoms with van der Waals surface area (Å²) >= 11 is 6.87. The Bertz CT molecular complexity index is 3510. The highest BCUT2D eigenvalue weighted by Crippen LogP contribution is 2.47. The second-order valence-corrected chi connectivity index (χ2v) is 32.0. The molecule has 12 heteroatoms. The molecule has 4 saturated carbocycles. The number of methoxy groups -OCH3 is 2. The van der Waals surface area contributed by atoms with Crippen LogP contribution in [0.5, 0.6) is 0 Å². The van der Waals surface area contributed by atoms with Gasteiger partial charge in [0.1, 0.15) is 8.65 Å². The van der Waals surface area contributed by atoms with Crippen molar-refractivity contribution >= 4 is 99.2 Å². The van der Waals surface area contributed by atoms with Gasteiger partial charge >= 0.3 is 11.9 Å². The fourth-order valence-corrected chi connectivity index (χ4v) is 18.2. The highest BCUT2D eigenvalue weighted by Gasteiger charge is 2.44. The van der Waals surface area contributed by atoms with E-state index >= 15 is 0 Å². The number of fused-ring (bicyclic) bond motifs is 10. The van der Waals surface area contributed by atoms with Gasteiger partial charge in [-0.1, -0.05) is 240 Å². The fraction of sp³-hybridized carbons (Fsp3) is 0.548. The molecule has 0 spiro atoms. The summed E-state index contributed by atoms with van der Waals surface area (Å²) < 4.78 is 13.0. The van der Waals surface area contributed by atoms with Crippen LogP contribution in [0.25, 0.3) is 43.6 Å². The first-order chi connectivity index (χ1) is 42.0. The number of rotatable bonds is 20. The number of carbonyl (C=O) groups is 4. The van der Waals surface area contributed by atoms with E-state index < -0.39 is 19.5 Å². The number of hydrogen-bond acceptors (Lipinski definition) is 6. The average Bonchev–Trinajstić information content (AvgIpc) is 1.61. The summed E-state index contributed by atoms with van der Waals surface area (Å²) in [7, 11) is 2.73. The molecule has 6 aromatic rings. The maximum Gasteiger partial charge on any atom is 0.322 e. The summed E-state index contributed by atoms with van der Waals surface area (Å²) in [5, 5.41) is 11.7. The van der Waals surface area contributed by atoms with Gasteiger partial charge in [0, 0.05) is 80.6 Å². The van der Waals surface area contributed by atoms with Gasteiger partial charge in [0.25, 0.3) is 0 Å². The SMILES string of the molecule is C.C.C.C.C.C.C.C.C1=CC2CC1CC2Cn1c2ccccc2c2ccccc21.C=CC1CC(/C=C\C2CC(C=C)C(Cn3c4ccccc4c4ccccc43)C2)C(CNC(=O)C(C)(C)CC(C)(Br)C(=O)OC)C1.COC(=O)C(C)(Br)CC(C)(C)C(=O)NCC1CC2C=CC1C2. The highest BCUT2D eigenvalue weighted by molar-refractivity contribution is 9.10. The van der Waals surface area contributed by atoms with Gasteiger partial charge in [-0.25, -0.2) is 0 Å². The van der Waals surface area contributed by atoms with Gasteiger partial charge in [-0.3, -0.25) is 19.2 Å². The number of para-hydroxylation sites is 4. The predicted molar refractivity (Wildman–Crippen MR) is 421 cm³/mol. The molecule has 2 amide bonds. The van der Waals surface area contributed by atoms with Crippen LogP contribution in [0.1, 0.15) is 165 Å². The summed E-state index contributed by atoms with van der Waals surface area (Å²) in [5.41, 5.74) is 4.03. The molecule has 14 atom stereocenters. The van der Waals surface area contributed by atoms with Gasteiger partial charge in [-0.15, -0.1) is 13.2 Å². The molecule has 4 bridgehead atoms. The van der Waals surface area contributed by atoms with Crippen molar-refractivity contribution in [2.24, 2.45) is 81.8 Å². The topological polar surface area (TPSA) is 121 Å². The number of aromatic nitrogens is 2. The Morgan fingerprint density at radius 2 is 0.823 bits per heavy atom. The molecule has 14 unspecified atom stereocenters. The third-order valence-corrected chi connectivity index (χ3v) is 22.1. The normalized spacial score (nSPS) is 25.1. The lowest BCUT2D eigenvalue weighted by atomic mass is 9.82. The van der Waals surface area contributed by atoms with Gasteiger partial charge < -0.3 is 29.2 Å². The van der Waals surface area contributed by atoms with Crippen LogP contribution in [-0.2, 0) is 41.7 Å². The van der Waals surface area contributed by atoms with E-state index in [1.165, 1.54) is 90.1 Å². The molecule has 532 valence electrons. The van der Waals surface area contributed by atoms with E-state index in [4.69, 9.17) is 9.47 Å². The van der Waals surface area contributed by atoms with Crippen molar-refractivity contribution in [3.8, 4) is 0 Å². The summed E-state index contributed by atoms with van der Waals surface area (Å²) in [4.78, 5) is 49.8. The molecule has 10 nitrogen and oxygen atoms in total. The minimum atomic E-state index is -0.918. The first kappa shape index (κ1) is 86.1. The summed E-state index contributed by atoms with van der Waals surface area (Å²) in [6, 6.07) is 35.2. The van der Waals surface area contributed by atoms with Gasteiger partial charge in [0.05, 0.1) is 14.2 Å². The maximum absolute atomic E-state index is 13.3. The second-order valence-electron chi connectivity index (χ2n) is 28.5. The number of halogens is 2. The standard InChI is InChI=1S/C39H49BrN2O3.C20H19N.C17H26BrNO3.8CH4/c1-7-26-19-29(30(20-26)23-41-36(43)38(3,4)25-39(5,40)37(44)45-6)18-17-27-21-28(8-2)31(22-27)24-42-34-15-11-9-13-32(34)33-14-10-12-16-35(33)42;1-3-7-19-17(5-1)18-6-2-4-8-20(18)21(19)13-16-12-14-9-10-15(16)11-14;1-16(2,10-17(3,18)15(21)22-4)14(20)19-9-13-8-11-5-6-12(13)7-11;;;;;;;;/h7-18,26-31H,1-2,19-25H2,3-6H3,(H,41,43);1-10,14-16H,11-13H2;5-6,11-13H,7-10H2,1-4H3,(H,19,20);8*1H4/b18-17-;;;;;;;;;;. The highest BCUT2D eigenvalue weighted by atomic mass is 79.9. The molecule has 0 saturated heterocycles. The number of esters is 2. The lowest BCUT2D eigenvalue weighted by molar-refractivity contribution is -0.145. The molecule has 2 aromatic heterocycles. The Morgan fingerprint density at radius 3 is 1.19 bits per heavy atom.